The number of hydrogen-bond acceptors (Lipinski definition) is 6. The Morgan fingerprint density at radius 2 is 1.67 bits per heavy atom. The summed E-state index contributed by atoms with van der Waals surface area (Å²) in [4.78, 5) is 24.9. The van der Waals surface area contributed by atoms with Crippen molar-refractivity contribution in [2.24, 2.45) is 0 Å². The minimum Gasteiger partial charge on any atom is -0.355 e. The molecule has 24 heavy (non-hydrogen) atoms. The number of anilines is 2. The van der Waals surface area contributed by atoms with Crippen molar-refractivity contribution in [1.29, 1.82) is 5.26 Å². The molecule has 0 spiro atoms. The fourth-order valence-corrected chi connectivity index (χ4v) is 2.83. The number of piperazine rings is 1. The summed E-state index contributed by atoms with van der Waals surface area (Å²) in [5.41, 5.74) is 1.15. The molecule has 122 valence electrons. The first-order chi connectivity index (χ1) is 11.7. The predicted molar refractivity (Wildman–Crippen MR) is 91.0 cm³/mol. The molecule has 7 heteroatoms. The molecule has 2 aromatic heterocycles. The Morgan fingerprint density at radius 1 is 1.08 bits per heavy atom. The molecule has 0 aliphatic carbocycles. The van der Waals surface area contributed by atoms with Crippen molar-refractivity contribution < 1.29 is 4.79 Å². The lowest BCUT2D eigenvalue weighted by Crippen LogP contribution is -2.48. The van der Waals surface area contributed by atoms with Crippen LogP contribution in [0.2, 0.25) is 0 Å². The molecule has 1 fully saturated rings. The molecule has 3 rings (SSSR count). The van der Waals surface area contributed by atoms with E-state index in [9.17, 15) is 10.1 Å². The Bertz CT molecular complexity index is 777. The number of nitrogens with one attached hydrogen (secondary N) is 1. The molecule has 1 aliphatic rings. The van der Waals surface area contributed by atoms with Gasteiger partial charge in [-0.25, -0.2) is 9.97 Å². The number of hydrogen-bond donors (Lipinski definition) is 1. The molecule has 3 heterocycles. The summed E-state index contributed by atoms with van der Waals surface area (Å²) in [6, 6.07) is 9.26. The third-order valence-corrected chi connectivity index (χ3v) is 4.04. The second-order valence-corrected chi connectivity index (χ2v) is 5.41. The predicted octanol–water partition coefficient (Wildman–Crippen LogP) is 1.03. The van der Waals surface area contributed by atoms with Crippen LogP contribution in [0.3, 0.4) is 0 Å². The van der Waals surface area contributed by atoms with Gasteiger partial charge >= 0.3 is 0 Å². The normalized spacial score (nSPS) is 14.2. The molecule has 1 saturated heterocycles. The molecule has 0 atom stereocenters. The number of amides is 1. The van der Waals surface area contributed by atoms with Crippen LogP contribution in [-0.4, -0.2) is 49.1 Å². The Morgan fingerprint density at radius 3 is 2.29 bits per heavy atom. The topological polar surface area (TPSA) is 85.2 Å². The number of pyridine rings is 2. The molecule has 0 aromatic carbocycles. The second kappa shape index (κ2) is 6.96. The fraction of sp³-hybridized carbons (Fsp3) is 0.294. The van der Waals surface area contributed by atoms with Gasteiger partial charge in [-0.1, -0.05) is 0 Å². The maximum atomic E-state index is 12.0. The zero-order chi connectivity index (χ0) is 16.9. The highest BCUT2D eigenvalue weighted by molar-refractivity contribution is 5.98. The SMILES string of the molecule is CNC(=O)c1cccnc1N1CCN(c2ncccc2C#N)CC1. The van der Waals surface area contributed by atoms with E-state index in [0.717, 1.165) is 13.1 Å². The van der Waals surface area contributed by atoms with Crippen LogP contribution in [0.4, 0.5) is 11.6 Å². The molecule has 1 aliphatic heterocycles. The van der Waals surface area contributed by atoms with Crippen LogP contribution < -0.4 is 15.1 Å². The number of carbonyl (C=O) groups excluding carboxylic acids is 1. The number of nitriles is 1. The highest BCUT2D eigenvalue weighted by Crippen LogP contribution is 2.22. The molecule has 7 nitrogen and oxygen atoms in total. The molecule has 1 amide bonds. The van der Waals surface area contributed by atoms with Crippen molar-refractivity contribution in [3.8, 4) is 6.07 Å². The summed E-state index contributed by atoms with van der Waals surface area (Å²) in [5.74, 6) is 1.27. The maximum absolute atomic E-state index is 12.0. The van der Waals surface area contributed by atoms with E-state index in [-0.39, 0.29) is 5.91 Å². The molecule has 0 saturated carbocycles. The van der Waals surface area contributed by atoms with Gasteiger partial charge in [0.2, 0.25) is 0 Å². The minimum atomic E-state index is -0.142. The number of nitrogens with zero attached hydrogens (tertiary/aromatic N) is 5. The molecule has 0 bridgehead atoms. The zero-order valence-corrected chi connectivity index (χ0v) is 13.4. The number of aromatic nitrogens is 2. The van der Waals surface area contributed by atoms with E-state index in [2.05, 4.69) is 31.2 Å². The smallest absolute Gasteiger partial charge is 0.254 e. The van der Waals surface area contributed by atoms with Gasteiger partial charge in [-0.3, -0.25) is 4.79 Å². The fourth-order valence-electron chi connectivity index (χ4n) is 2.83. The van der Waals surface area contributed by atoms with Gasteiger partial charge < -0.3 is 15.1 Å². The lowest BCUT2D eigenvalue weighted by Gasteiger charge is -2.36. The summed E-state index contributed by atoms with van der Waals surface area (Å²) in [5, 5.41) is 11.9. The Hall–Kier alpha value is -3.14. The third-order valence-electron chi connectivity index (χ3n) is 4.04. The lowest BCUT2D eigenvalue weighted by molar-refractivity contribution is 0.0963. The minimum absolute atomic E-state index is 0.142. The Labute approximate surface area is 140 Å². The quantitative estimate of drug-likeness (QED) is 0.908. The van der Waals surface area contributed by atoms with E-state index >= 15 is 0 Å². The van der Waals surface area contributed by atoms with E-state index in [1.54, 1.807) is 43.7 Å². The highest BCUT2D eigenvalue weighted by atomic mass is 16.1. The number of rotatable bonds is 3. The second-order valence-electron chi connectivity index (χ2n) is 5.41. The van der Waals surface area contributed by atoms with Crippen molar-refractivity contribution >= 4 is 17.5 Å². The summed E-state index contributed by atoms with van der Waals surface area (Å²) in [7, 11) is 1.61. The van der Waals surface area contributed by atoms with E-state index < -0.39 is 0 Å². The maximum Gasteiger partial charge on any atom is 0.254 e. The first kappa shape index (κ1) is 15.7. The summed E-state index contributed by atoms with van der Waals surface area (Å²) >= 11 is 0. The van der Waals surface area contributed by atoms with Crippen LogP contribution in [0.5, 0.6) is 0 Å². The number of carbonyl (C=O) groups is 1. The van der Waals surface area contributed by atoms with Gasteiger partial charge in [-0.15, -0.1) is 0 Å². The van der Waals surface area contributed by atoms with Crippen LogP contribution >= 0.6 is 0 Å². The lowest BCUT2D eigenvalue weighted by atomic mass is 10.2. The summed E-state index contributed by atoms with van der Waals surface area (Å²) in [6.07, 6.45) is 3.39. The van der Waals surface area contributed by atoms with Gasteiger partial charge in [0.25, 0.3) is 5.91 Å². The van der Waals surface area contributed by atoms with Crippen LogP contribution in [0.25, 0.3) is 0 Å². The van der Waals surface area contributed by atoms with Crippen LogP contribution in [0, 0.1) is 11.3 Å². The standard InChI is InChI=1S/C17H18N6O/c1-19-17(24)14-5-3-7-21-16(14)23-10-8-22(9-11-23)15-13(12-18)4-2-6-20-15/h2-7H,8-11H2,1H3,(H,19,24). The van der Waals surface area contributed by atoms with Crippen LogP contribution in [0.1, 0.15) is 15.9 Å². The Balaban J connectivity index is 1.77. The van der Waals surface area contributed by atoms with Gasteiger partial charge in [-0.2, -0.15) is 5.26 Å². The van der Waals surface area contributed by atoms with Crippen LogP contribution in [0.15, 0.2) is 36.7 Å². The van der Waals surface area contributed by atoms with Gasteiger partial charge in [0, 0.05) is 45.6 Å². The molecular weight excluding hydrogens is 304 g/mol. The molecule has 0 radical (unpaired) electrons. The first-order valence-corrected chi connectivity index (χ1v) is 7.76. The molecular formula is C17H18N6O. The van der Waals surface area contributed by atoms with Gasteiger partial charge in [0.15, 0.2) is 0 Å². The van der Waals surface area contributed by atoms with Gasteiger partial charge in [-0.05, 0) is 24.3 Å². The van der Waals surface area contributed by atoms with Gasteiger partial charge in [0.1, 0.15) is 17.7 Å². The summed E-state index contributed by atoms with van der Waals surface area (Å²) in [6.45, 7) is 2.86. The third kappa shape index (κ3) is 2.99. The van der Waals surface area contributed by atoms with Crippen molar-refractivity contribution in [2.45, 2.75) is 0 Å². The zero-order valence-electron chi connectivity index (χ0n) is 13.4. The monoisotopic (exact) mass is 322 g/mol. The van der Waals surface area contributed by atoms with E-state index in [0.29, 0.717) is 35.9 Å². The highest BCUT2D eigenvalue weighted by Gasteiger charge is 2.23. The molecule has 0 unspecified atom stereocenters. The average Bonchev–Trinajstić information content (AvgIpc) is 2.67. The van der Waals surface area contributed by atoms with E-state index in [1.165, 1.54) is 0 Å². The first-order valence-electron chi connectivity index (χ1n) is 7.76. The molecule has 1 N–H and O–H groups in total. The average molecular weight is 322 g/mol. The molecule has 2 aromatic rings. The van der Waals surface area contributed by atoms with Crippen molar-refractivity contribution in [2.75, 3.05) is 43.0 Å². The largest absolute Gasteiger partial charge is 0.355 e. The van der Waals surface area contributed by atoms with Crippen molar-refractivity contribution in [3.63, 3.8) is 0 Å². The Kier molecular flexibility index (Phi) is 4.57. The van der Waals surface area contributed by atoms with Gasteiger partial charge in [0.05, 0.1) is 11.1 Å². The van der Waals surface area contributed by atoms with E-state index in [4.69, 9.17) is 0 Å². The van der Waals surface area contributed by atoms with Crippen LogP contribution in [-0.2, 0) is 0 Å². The van der Waals surface area contributed by atoms with Crippen molar-refractivity contribution in [1.82, 2.24) is 15.3 Å². The van der Waals surface area contributed by atoms with E-state index in [1.807, 2.05) is 0 Å². The van der Waals surface area contributed by atoms with Crippen molar-refractivity contribution in [3.05, 3.63) is 47.8 Å². The summed E-state index contributed by atoms with van der Waals surface area (Å²) < 4.78 is 0.